The van der Waals surface area contributed by atoms with Crippen molar-refractivity contribution in [3.05, 3.63) is 29.8 Å². The largest absolute Gasteiger partial charge is 0.365 e. The monoisotopic (exact) mass is 248 g/mol. The molecule has 0 radical (unpaired) electrons. The Labute approximate surface area is 108 Å². The molecule has 1 amide bonds. The van der Waals surface area contributed by atoms with Gasteiger partial charge in [-0.05, 0) is 50.4 Å². The molecule has 18 heavy (non-hydrogen) atoms. The summed E-state index contributed by atoms with van der Waals surface area (Å²) < 4.78 is 5.51. The van der Waals surface area contributed by atoms with Crippen LogP contribution in [0.1, 0.15) is 25.3 Å². The summed E-state index contributed by atoms with van der Waals surface area (Å²) in [5.74, 6) is -0.0634. The highest BCUT2D eigenvalue weighted by Gasteiger charge is 2.37. The van der Waals surface area contributed by atoms with E-state index in [0.29, 0.717) is 13.2 Å². The lowest BCUT2D eigenvalue weighted by Gasteiger charge is -2.21. The zero-order valence-corrected chi connectivity index (χ0v) is 10.7. The summed E-state index contributed by atoms with van der Waals surface area (Å²) in [6.45, 7) is 3.15. The van der Waals surface area contributed by atoms with Gasteiger partial charge < -0.3 is 15.8 Å². The number of benzene rings is 1. The Kier molecular flexibility index (Phi) is 3.99. The minimum absolute atomic E-state index is 0.0634. The van der Waals surface area contributed by atoms with Crippen LogP contribution in [0.2, 0.25) is 0 Å². The summed E-state index contributed by atoms with van der Waals surface area (Å²) in [4.78, 5) is 12.1. The topological polar surface area (TPSA) is 64.4 Å². The molecule has 2 rings (SSSR count). The number of nitrogens with two attached hydrogens (primary N) is 1. The number of nitrogens with one attached hydrogen (secondary N) is 1. The van der Waals surface area contributed by atoms with Crippen molar-refractivity contribution < 1.29 is 9.53 Å². The van der Waals surface area contributed by atoms with E-state index < -0.39 is 5.60 Å². The molecule has 1 heterocycles. The third-order valence-electron chi connectivity index (χ3n) is 3.34. The van der Waals surface area contributed by atoms with E-state index in [1.807, 2.05) is 31.2 Å². The molecular formula is C14H20N2O2. The lowest BCUT2D eigenvalue weighted by molar-refractivity contribution is -0.133. The van der Waals surface area contributed by atoms with E-state index >= 15 is 0 Å². The van der Waals surface area contributed by atoms with E-state index in [2.05, 4.69) is 5.32 Å². The molecule has 0 saturated carbocycles. The molecule has 1 fully saturated rings. The standard InChI is InChI=1S/C14H20N2O2/c1-14(8-2-10-18-14)13(17)16-12-5-3-11(4-6-12)7-9-15/h3-6H,2,7-10,15H2,1H3,(H,16,17). The van der Waals surface area contributed by atoms with Gasteiger partial charge in [0.2, 0.25) is 0 Å². The first-order chi connectivity index (χ1) is 8.64. The van der Waals surface area contributed by atoms with E-state index in [9.17, 15) is 4.79 Å². The Bertz CT molecular complexity index is 408. The van der Waals surface area contributed by atoms with Gasteiger partial charge in [0.15, 0.2) is 0 Å². The Hall–Kier alpha value is -1.39. The van der Waals surface area contributed by atoms with Crippen molar-refractivity contribution in [2.45, 2.75) is 31.8 Å². The predicted octanol–water partition coefficient (Wildman–Crippen LogP) is 1.70. The second-order valence-corrected chi connectivity index (χ2v) is 4.87. The molecule has 98 valence electrons. The molecular weight excluding hydrogens is 228 g/mol. The maximum Gasteiger partial charge on any atom is 0.256 e. The summed E-state index contributed by atoms with van der Waals surface area (Å²) in [7, 11) is 0. The lowest BCUT2D eigenvalue weighted by Crippen LogP contribution is -2.39. The van der Waals surface area contributed by atoms with Crippen LogP contribution < -0.4 is 11.1 Å². The molecule has 4 nitrogen and oxygen atoms in total. The van der Waals surface area contributed by atoms with Gasteiger partial charge in [0.25, 0.3) is 5.91 Å². The Morgan fingerprint density at radius 1 is 1.44 bits per heavy atom. The second kappa shape index (κ2) is 5.50. The molecule has 0 aliphatic carbocycles. The summed E-state index contributed by atoms with van der Waals surface area (Å²) in [5.41, 5.74) is 6.81. The van der Waals surface area contributed by atoms with Crippen molar-refractivity contribution in [1.82, 2.24) is 0 Å². The lowest BCUT2D eigenvalue weighted by atomic mass is 10.0. The predicted molar refractivity (Wildman–Crippen MR) is 71.4 cm³/mol. The highest BCUT2D eigenvalue weighted by Crippen LogP contribution is 2.26. The molecule has 1 aromatic rings. The average Bonchev–Trinajstić information content (AvgIpc) is 2.80. The Morgan fingerprint density at radius 2 is 2.17 bits per heavy atom. The van der Waals surface area contributed by atoms with Gasteiger partial charge in [-0.25, -0.2) is 0 Å². The average molecular weight is 248 g/mol. The van der Waals surface area contributed by atoms with Crippen LogP contribution >= 0.6 is 0 Å². The van der Waals surface area contributed by atoms with Crippen LogP contribution in [0, 0.1) is 0 Å². The fourth-order valence-corrected chi connectivity index (χ4v) is 2.14. The van der Waals surface area contributed by atoms with Gasteiger partial charge in [-0.15, -0.1) is 0 Å². The summed E-state index contributed by atoms with van der Waals surface area (Å²) in [6.07, 6.45) is 2.58. The second-order valence-electron chi connectivity index (χ2n) is 4.87. The van der Waals surface area contributed by atoms with Crippen molar-refractivity contribution in [2.24, 2.45) is 5.73 Å². The Morgan fingerprint density at radius 3 is 2.72 bits per heavy atom. The van der Waals surface area contributed by atoms with Crippen LogP contribution in [0.25, 0.3) is 0 Å². The molecule has 1 unspecified atom stereocenters. The van der Waals surface area contributed by atoms with Crippen LogP contribution in [0.5, 0.6) is 0 Å². The number of ether oxygens (including phenoxy) is 1. The van der Waals surface area contributed by atoms with Gasteiger partial charge in [-0.1, -0.05) is 12.1 Å². The molecule has 1 aliphatic rings. The third-order valence-corrected chi connectivity index (χ3v) is 3.34. The van der Waals surface area contributed by atoms with Crippen LogP contribution in [0.3, 0.4) is 0 Å². The minimum atomic E-state index is -0.671. The van der Waals surface area contributed by atoms with Gasteiger partial charge in [0.05, 0.1) is 0 Å². The maximum atomic E-state index is 12.1. The van der Waals surface area contributed by atoms with E-state index in [-0.39, 0.29) is 5.91 Å². The Balaban J connectivity index is 1.98. The van der Waals surface area contributed by atoms with E-state index in [1.165, 1.54) is 5.56 Å². The van der Waals surface area contributed by atoms with Crippen LogP contribution in [-0.4, -0.2) is 24.7 Å². The quantitative estimate of drug-likeness (QED) is 0.852. The SMILES string of the molecule is CC1(C(=O)Nc2ccc(CCN)cc2)CCCO1. The molecule has 0 spiro atoms. The first-order valence-electron chi connectivity index (χ1n) is 6.38. The first kappa shape index (κ1) is 13.1. The van der Waals surface area contributed by atoms with Crippen LogP contribution in [-0.2, 0) is 16.0 Å². The summed E-state index contributed by atoms with van der Waals surface area (Å²) in [6, 6.07) is 7.78. The van der Waals surface area contributed by atoms with Crippen LogP contribution in [0.4, 0.5) is 5.69 Å². The van der Waals surface area contributed by atoms with E-state index in [4.69, 9.17) is 10.5 Å². The smallest absolute Gasteiger partial charge is 0.256 e. The minimum Gasteiger partial charge on any atom is -0.365 e. The summed E-state index contributed by atoms with van der Waals surface area (Å²) >= 11 is 0. The maximum absolute atomic E-state index is 12.1. The fourth-order valence-electron chi connectivity index (χ4n) is 2.14. The van der Waals surface area contributed by atoms with Gasteiger partial charge in [-0.2, -0.15) is 0 Å². The summed E-state index contributed by atoms with van der Waals surface area (Å²) in [5, 5.41) is 2.90. The normalized spacial score (nSPS) is 23.0. The molecule has 4 heteroatoms. The highest BCUT2D eigenvalue weighted by atomic mass is 16.5. The van der Waals surface area contributed by atoms with E-state index in [1.54, 1.807) is 0 Å². The zero-order valence-electron chi connectivity index (χ0n) is 10.7. The molecule has 1 saturated heterocycles. The number of hydrogen-bond donors (Lipinski definition) is 2. The van der Waals surface area contributed by atoms with E-state index in [0.717, 1.165) is 24.9 Å². The van der Waals surface area contributed by atoms with Crippen molar-refractivity contribution in [2.75, 3.05) is 18.5 Å². The van der Waals surface area contributed by atoms with Crippen LogP contribution in [0.15, 0.2) is 24.3 Å². The number of rotatable bonds is 4. The first-order valence-corrected chi connectivity index (χ1v) is 6.38. The zero-order chi connectivity index (χ0) is 13.0. The third kappa shape index (κ3) is 2.89. The van der Waals surface area contributed by atoms with Gasteiger partial charge in [0, 0.05) is 12.3 Å². The molecule has 0 aromatic heterocycles. The highest BCUT2D eigenvalue weighted by molar-refractivity contribution is 5.97. The number of carbonyl (C=O) groups excluding carboxylic acids is 1. The number of anilines is 1. The van der Waals surface area contributed by atoms with Crippen molar-refractivity contribution in [3.63, 3.8) is 0 Å². The number of amides is 1. The van der Waals surface area contributed by atoms with Gasteiger partial charge in [-0.3, -0.25) is 4.79 Å². The molecule has 3 N–H and O–H groups in total. The van der Waals surface area contributed by atoms with Crippen molar-refractivity contribution in [1.29, 1.82) is 0 Å². The molecule has 1 atom stereocenters. The fraction of sp³-hybridized carbons (Fsp3) is 0.500. The molecule has 0 bridgehead atoms. The molecule has 1 aliphatic heterocycles. The van der Waals surface area contributed by atoms with Gasteiger partial charge >= 0.3 is 0 Å². The molecule has 1 aromatic carbocycles. The number of carbonyl (C=O) groups is 1. The van der Waals surface area contributed by atoms with Gasteiger partial charge in [0.1, 0.15) is 5.60 Å². The number of hydrogen-bond acceptors (Lipinski definition) is 3. The van der Waals surface area contributed by atoms with Crippen molar-refractivity contribution >= 4 is 11.6 Å². The van der Waals surface area contributed by atoms with Crippen molar-refractivity contribution in [3.8, 4) is 0 Å².